The predicted molar refractivity (Wildman–Crippen MR) is 123 cm³/mol. The van der Waals surface area contributed by atoms with Crippen LogP contribution in [0.5, 0.6) is 5.75 Å². The SMILES string of the molecule is N=C(NC(=O)F)c1c(O)cccc1[C](Cc1ccccc1)Cc1cccc(-c2c[nH]nn2)c1. The van der Waals surface area contributed by atoms with Gasteiger partial charge < -0.3 is 5.11 Å². The van der Waals surface area contributed by atoms with Crippen LogP contribution < -0.4 is 5.32 Å². The van der Waals surface area contributed by atoms with Gasteiger partial charge in [0.25, 0.3) is 0 Å². The fourth-order valence-electron chi connectivity index (χ4n) is 3.78. The molecule has 4 N–H and O–H groups in total. The van der Waals surface area contributed by atoms with E-state index in [1.807, 2.05) is 59.9 Å². The number of amidine groups is 1. The van der Waals surface area contributed by atoms with Gasteiger partial charge in [0.1, 0.15) is 17.3 Å². The average molecular weight is 442 g/mol. The minimum Gasteiger partial charge on any atom is -0.507 e. The Morgan fingerprint density at radius 2 is 1.73 bits per heavy atom. The molecular weight excluding hydrogens is 421 g/mol. The molecule has 165 valence electrons. The van der Waals surface area contributed by atoms with E-state index in [1.54, 1.807) is 18.3 Å². The number of aromatic amines is 1. The Morgan fingerprint density at radius 3 is 2.45 bits per heavy atom. The van der Waals surface area contributed by atoms with Gasteiger partial charge in [0, 0.05) is 17.7 Å². The number of halogens is 1. The Hall–Kier alpha value is -4.33. The van der Waals surface area contributed by atoms with Gasteiger partial charge in [0.05, 0.1) is 5.56 Å². The van der Waals surface area contributed by atoms with Gasteiger partial charge in [-0.25, -0.2) is 4.79 Å². The summed E-state index contributed by atoms with van der Waals surface area (Å²) in [6.07, 6.45) is 0.872. The summed E-state index contributed by atoms with van der Waals surface area (Å²) in [6, 6.07) is 22.4. The van der Waals surface area contributed by atoms with E-state index in [0.29, 0.717) is 24.1 Å². The summed E-state index contributed by atoms with van der Waals surface area (Å²) in [5.74, 6) is 0.174. The van der Waals surface area contributed by atoms with Crippen molar-refractivity contribution in [1.82, 2.24) is 20.7 Å². The third-order valence-corrected chi connectivity index (χ3v) is 5.21. The molecular formula is C25H21FN5O2. The summed E-state index contributed by atoms with van der Waals surface area (Å²) in [5, 5.41) is 31.0. The molecule has 0 saturated heterocycles. The highest BCUT2D eigenvalue weighted by Crippen LogP contribution is 2.32. The molecule has 33 heavy (non-hydrogen) atoms. The molecule has 1 amide bonds. The van der Waals surface area contributed by atoms with Crippen LogP contribution in [0.4, 0.5) is 9.18 Å². The first kappa shape index (κ1) is 21.9. The third-order valence-electron chi connectivity index (χ3n) is 5.21. The van der Waals surface area contributed by atoms with Gasteiger partial charge in [-0.05, 0) is 41.7 Å². The quantitative estimate of drug-likeness (QED) is 0.145. The van der Waals surface area contributed by atoms with E-state index in [0.717, 1.165) is 22.6 Å². The molecule has 0 fully saturated rings. The molecule has 0 aliphatic carbocycles. The third kappa shape index (κ3) is 5.30. The zero-order chi connectivity index (χ0) is 23.2. The lowest BCUT2D eigenvalue weighted by molar-refractivity contribution is 0.226. The van der Waals surface area contributed by atoms with Gasteiger partial charge in [-0.2, -0.15) is 0 Å². The second-order valence-electron chi connectivity index (χ2n) is 7.48. The van der Waals surface area contributed by atoms with Crippen molar-refractivity contribution in [3.63, 3.8) is 0 Å². The molecule has 4 rings (SSSR count). The zero-order valence-electron chi connectivity index (χ0n) is 17.5. The average Bonchev–Trinajstić information content (AvgIpc) is 3.34. The Labute approximate surface area is 189 Å². The summed E-state index contributed by atoms with van der Waals surface area (Å²) < 4.78 is 13.0. The van der Waals surface area contributed by atoms with Crippen molar-refractivity contribution in [3.05, 3.63) is 107 Å². The number of benzene rings is 3. The minimum atomic E-state index is -1.86. The Morgan fingerprint density at radius 1 is 1.00 bits per heavy atom. The van der Waals surface area contributed by atoms with Crippen molar-refractivity contribution in [2.45, 2.75) is 12.8 Å². The van der Waals surface area contributed by atoms with E-state index >= 15 is 0 Å². The number of hydrogen-bond donors (Lipinski definition) is 4. The van der Waals surface area contributed by atoms with Crippen LogP contribution in [0.1, 0.15) is 22.3 Å². The van der Waals surface area contributed by atoms with Crippen LogP contribution in [0, 0.1) is 11.3 Å². The number of hydrogen-bond acceptors (Lipinski definition) is 5. The lowest BCUT2D eigenvalue weighted by Crippen LogP contribution is -2.28. The van der Waals surface area contributed by atoms with E-state index < -0.39 is 12.0 Å². The number of aromatic hydroxyl groups is 1. The minimum absolute atomic E-state index is 0.0714. The zero-order valence-corrected chi connectivity index (χ0v) is 17.5. The summed E-state index contributed by atoms with van der Waals surface area (Å²) in [4.78, 5) is 10.9. The molecule has 0 saturated carbocycles. The fourth-order valence-corrected chi connectivity index (χ4v) is 3.78. The van der Waals surface area contributed by atoms with Crippen molar-refractivity contribution in [2.24, 2.45) is 0 Å². The van der Waals surface area contributed by atoms with E-state index in [9.17, 15) is 14.3 Å². The molecule has 0 bridgehead atoms. The van der Waals surface area contributed by atoms with Crippen LogP contribution in [0.25, 0.3) is 11.3 Å². The van der Waals surface area contributed by atoms with Gasteiger partial charge in [0.2, 0.25) is 0 Å². The molecule has 1 heterocycles. The molecule has 3 aromatic carbocycles. The summed E-state index contributed by atoms with van der Waals surface area (Å²) in [7, 11) is 0. The second-order valence-corrected chi connectivity index (χ2v) is 7.48. The molecule has 0 atom stereocenters. The predicted octanol–water partition coefficient (Wildman–Crippen LogP) is 4.59. The van der Waals surface area contributed by atoms with E-state index in [-0.39, 0.29) is 11.3 Å². The summed E-state index contributed by atoms with van der Waals surface area (Å²) in [6.45, 7) is 0. The van der Waals surface area contributed by atoms with Gasteiger partial charge in [-0.1, -0.05) is 65.9 Å². The number of carbonyl (C=O) groups excluding carboxylic acids is 1. The van der Waals surface area contributed by atoms with E-state index in [1.165, 1.54) is 6.07 Å². The maximum atomic E-state index is 13.0. The lowest BCUT2D eigenvalue weighted by atomic mass is 9.83. The lowest BCUT2D eigenvalue weighted by Gasteiger charge is -2.22. The molecule has 4 aromatic rings. The molecule has 0 aliphatic heterocycles. The monoisotopic (exact) mass is 442 g/mol. The first-order valence-corrected chi connectivity index (χ1v) is 10.2. The molecule has 8 heteroatoms. The number of carbonyl (C=O) groups is 1. The number of phenols is 1. The number of rotatable bonds is 7. The van der Waals surface area contributed by atoms with Crippen LogP contribution in [0.3, 0.4) is 0 Å². The number of H-pyrrole nitrogens is 1. The van der Waals surface area contributed by atoms with Crippen LogP contribution >= 0.6 is 0 Å². The maximum Gasteiger partial charge on any atom is 0.403 e. The number of aromatic nitrogens is 3. The fraction of sp³-hybridized carbons (Fsp3) is 0.0800. The first-order chi connectivity index (χ1) is 16.0. The molecule has 0 aliphatic rings. The highest BCUT2D eigenvalue weighted by Gasteiger charge is 2.23. The summed E-state index contributed by atoms with van der Waals surface area (Å²) in [5.41, 5.74) is 4.26. The second kappa shape index (κ2) is 9.86. The summed E-state index contributed by atoms with van der Waals surface area (Å²) >= 11 is 0. The van der Waals surface area contributed by atoms with E-state index in [2.05, 4.69) is 15.4 Å². The number of amides is 1. The van der Waals surface area contributed by atoms with Gasteiger partial charge in [-0.15, -0.1) is 9.49 Å². The molecule has 1 radical (unpaired) electrons. The molecule has 0 spiro atoms. The number of nitrogens with one attached hydrogen (secondary N) is 3. The topological polar surface area (TPSA) is 115 Å². The van der Waals surface area contributed by atoms with Crippen LogP contribution in [-0.2, 0) is 12.8 Å². The normalized spacial score (nSPS) is 10.8. The van der Waals surface area contributed by atoms with Crippen molar-refractivity contribution < 1.29 is 14.3 Å². The Kier molecular flexibility index (Phi) is 6.54. The molecule has 1 aromatic heterocycles. The number of phenolic OH excluding ortho intramolecular Hbond substituents is 1. The van der Waals surface area contributed by atoms with Crippen molar-refractivity contribution in [3.8, 4) is 17.0 Å². The highest BCUT2D eigenvalue weighted by molar-refractivity contribution is 6.07. The van der Waals surface area contributed by atoms with Gasteiger partial charge >= 0.3 is 6.16 Å². The largest absolute Gasteiger partial charge is 0.507 e. The van der Waals surface area contributed by atoms with Crippen LogP contribution in [-0.4, -0.2) is 32.5 Å². The molecule has 7 nitrogen and oxygen atoms in total. The van der Waals surface area contributed by atoms with Crippen molar-refractivity contribution in [1.29, 1.82) is 5.41 Å². The standard InChI is InChI=1S/C25H21FN5O2/c26-25(33)29-24(27)23-20(10-5-11-22(23)32)19(12-16-6-2-1-3-7-16)14-17-8-4-9-18(13-17)21-15-28-31-30-21/h1-11,13,15,32H,12,14H2,(H2,27,29,33)(H,28,30,31). The Balaban J connectivity index is 1.74. The van der Waals surface area contributed by atoms with Gasteiger partial charge in [-0.3, -0.25) is 15.8 Å². The smallest absolute Gasteiger partial charge is 0.403 e. The van der Waals surface area contributed by atoms with Crippen molar-refractivity contribution >= 4 is 12.0 Å². The van der Waals surface area contributed by atoms with E-state index in [4.69, 9.17) is 5.41 Å². The molecule has 0 unspecified atom stereocenters. The first-order valence-electron chi connectivity index (χ1n) is 10.2. The van der Waals surface area contributed by atoms with Gasteiger partial charge in [0.15, 0.2) is 0 Å². The number of nitrogens with zero attached hydrogens (tertiary/aromatic N) is 2. The maximum absolute atomic E-state index is 13.0. The van der Waals surface area contributed by atoms with Crippen LogP contribution in [0.15, 0.2) is 79.0 Å². The van der Waals surface area contributed by atoms with Crippen LogP contribution in [0.2, 0.25) is 0 Å². The highest BCUT2D eigenvalue weighted by atomic mass is 19.1. The van der Waals surface area contributed by atoms with Crippen molar-refractivity contribution in [2.75, 3.05) is 0 Å². The Bertz CT molecular complexity index is 1260.